The second-order valence-corrected chi connectivity index (χ2v) is 3.92. The van der Waals surface area contributed by atoms with Crippen LogP contribution in [0.2, 0.25) is 0 Å². The molecule has 0 spiro atoms. The van der Waals surface area contributed by atoms with Gasteiger partial charge in [0.15, 0.2) is 0 Å². The average molecular weight is 219 g/mol. The van der Waals surface area contributed by atoms with Gasteiger partial charge < -0.3 is 5.32 Å². The van der Waals surface area contributed by atoms with Crippen LogP contribution in [-0.2, 0) is 0 Å². The Bertz CT molecular complexity index is 379. The monoisotopic (exact) mass is 219 g/mol. The molecule has 0 bridgehead atoms. The van der Waals surface area contributed by atoms with E-state index in [1.807, 2.05) is 6.92 Å². The molecule has 0 aliphatic heterocycles. The van der Waals surface area contributed by atoms with Crippen molar-refractivity contribution in [2.24, 2.45) is 0 Å². The zero-order valence-corrected chi connectivity index (χ0v) is 9.89. The van der Waals surface area contributed by atoms with Crippen LogP contribution in [0.1, 0.15) is 36.9 Å². The van der Waals surface area contributed by atoms with Crippen molar-refractivity contribution >= 4 is 0 Å². The highest BCUT2D eigenvalue weighted by molar-refractivity contribution is 5.30. The fraction of sp³-hybridized carbons (Fsp3) is 0.429. The minimum atomic E-state index is -0.207. The van der Waals surface area contributed by atoms with Crippen LogP contribution in [0.25, 0.3) is 0 Å². The fourth-order valence-corrected chi connectivity index (χ4v) is 1.72. The van der Waals surface area contributed by atoms with Gasteiger partial charge >= 0.3 is 0 Å². The number of aryl methyl sites for hydroxylation is 1. The second kappa shape index (κ2) is 6.30. The predicted octanol–water partition coefficient (Wildman–Crippen LogP) is 3.20. The van der Waals surface area contributed by atoms with Crippen LogP contribution in [-0.4, -0.2) is 6.54 Å². The van der Waals surface area contributed by atoms with E-state index in [0.29, 0.717) is 6.42 Å². The number of hydrogen-bond acceptors (Lipinski definition) is 1. The summed E-state index contributed by atoms with van der Waals surface area (Å²) < 4.78 is 13.2. The van der Waals surface area contributed by atoms with Crippen LogP contribution in [0.4, 0.5) is 4.39 Å². The van der Waals surface area contributed by atoms with Gasteiger partial charge in [0, 0.05) is 12.5 Å². The maximum atomic E-state index is 13.2. The molecule has 16 heavy (non-hydrogen) atoms. The lowest BCUT2D eigenvalue weighted by atomic mass is 9.98. The van der Waals surface area contributed by atoms with Gasteiger partial charge in [-0.3, -0.25) is 0 Å². The molecule has 0 heterocycles. The Morgan fingerprint density at radius 2 is 2.25 bits per heavy atom. The third-order valence-corrected chi connectivity index (χ3v) is 2.58. The number of terminal acetylenes is 1. The van der Waals surface area contributed by atoms with Gasteiger partial charge in [0.2, 0.25) is 0 Å². The third-order valence-electron chi connectivity index (χ3n) is 2.58. The molecule has 1 atom stereocenters. The molecular formula is C14H18FN. The van der Waals surface area contributed by atoms with Gasteiger partial charge in [0.25, 0.3) is 0 Å². The summed E-state index contributed by atoms with van der Waals surface area (Å²) in [5.41, 5.74) is 2.04. The maximum absolute atomic E-state index is 13.2. The van der Waals surface area contributed by atoms with E-state index in [-0.39, 0.29) is 11.9 Å². The summed E-state index contributed by atoms with van der Waals surface area (Å²) in [4.78, 5) is 0. The molecule has 86 valence electrons. The smallest absolute Gasteiger partial charge is 0.123 e. The summed E-state index contributed by atoms with van der Waals surface area (Å²) in [6, 6.07) is 4.90. The van der Waals surface area contributed by atoms with E-state index in [1.54, 1.807) is 12.1 Å². The van der Waals surface area contributed by atoms with Crippen LogP contribution in [0.15, 0.2) is 18.2 Å². The minimum Gasteiger partial charge on any atom is -0.309 e. The Morgan fingerprint density at radius 3 is 2.88 bits per heavy atom. The largest absolute Gasteiger partial charge is 0.309 e. The van der Waals surface area contributed by atoms with Gasteiger partial charge in [0.05, 0.1) is 0 Å². The van der Waals surface area contributed by atoms with E-state index >= 15 is 0 Å². The zero-order chi connectivity index (χ0) is 12.0. The molecule has 0 radical (unpaired) electrons. The SMILES string of the molecule is C#CCC(NCCC)c1cc(F)ccc1C. The topological polar surface area (TPSA) is 12.0 Å². The highest BCUT2D eigenvalue weighted by atomic mass is 19.1. The van der Waals surface area contributed by atoms with Gasteiger partial charge in [-0.05, 0) is 43.1 Å². The van der Waals surface area contributed by atoms with E-state index in [2.05, 4.69) is 18.2 Å². The first kappa shape index (κ1) is 12.7. The molecule has 1 N–H and O–H groups in total. The summed E-state index contributed by atoms with van der Waals surface area (Å²) in [6.07, 6.45) is 6.97. The first-order valence-electron chi connectivity index (χ1n) is 5.62. The molecule has 1 aromatic rings. The van der Waals surface area contributed by atoms with Crippen molar-refractivity contribution in [3.8, 4) is 12.3 Å². The van der Waals surface area contributed by atoms with Crippen LogP contribution < -0.4 is 5.32 Å². The second-order valence-electron chi connectivity index (χ2n) is 3.92. The molecular weight excluding hydrogens is 201 g/mol. The van der Waals surface area contributed by atoms with Crippen molar-refractivity contribution in [2.45, 2.75) is 32.7 Å². The van der Waals surface area contributed by atoms with E-state index in [4.69, 9.17) is 6.42 Å². The molecule has 1 aromatic carbocycles. The lowest BCUT2D eigenvalue weighted by molar-refractivity contribution is 0.534. The third kappa shape index (κ3) is 3.36. The summed E-state index contributed by atoms with van der Waals surface area (Å²) in [6.45, 7) is 4.96. The molecule has 0 saturated carbocycles. The lowest BCUT2D eigenvalue weighted by Crippen LogP contribution is -2.22. The Hall–Kier alpha value is -1.33. The molecule has 0 aliphatic carbocycles. The molecule has 0 aromatic heterocycles. The van der Waals surface area contributed by atoms with Crippen molar-refractivity contribution in [2.75, 3.05) is 6.54 Å². The van der Waals surface area contributed by atoms with Crippen molar-refractivity contribution in [3.63, 3.8) is 0 Å². The number of halogens is 1. The first-order valence-corrected chi connectivity index (χ1v) is 5.62. The number of benzene rings is 1. The Morgan fingerprint density at radius 1 is 1.50 bits per heavy atom. The van der Waals surface area contributed by atoms with Crippen LogP contribution in [0, 0.1) is 25.1 Å². The zero-order valence-electron chi connectivity index (χ0n) is 9.89. The summed E-state index contributed by atoms with van der Waals surface area (Å²) in [5.74, 6) is 2.43. The highest BCUT2D eigenvalue weighted by Gasteiger charge is 2.12. The number of hydrogen-bond donors (Lipinski definition) is 1. The van der Waals surface area contributed by atoms with Crippen molar-refractivity contribution < 1.29 is 4.39 Å². The molecule has 1 unspecified atom stereocenters. The van der Waals surface area contributed by atoms with E-state index in [9.17, 15) is 4.39 Å². The van der Waals surface area contributed by atoms with Gasteiger partial charge in [0.1, 0.15) is 5.82 Å². The molecule has 1 rings (SSSR count). The Balaban J connectivity index is 2.91. The van der Waals surface area contributed by atoms with E-state index in [1.165, 1.54) is 6.07 Å². The normalized spacial score (nSPS) is 12.1. The van der Waals surface area contributed by atoms with Gasteiger partial charge in [-0.2, -0.15) is 0 Å². The van der Waals surface area contributed by atoms with Crippen molar-refractivity contribution in [1.29, 1.82) is 0 Å². The van der Waals surface area contributed by atoms with Crippen molar-refractivity contribution in [3.05, 3.63) is 35.1 Å². The molecule has 0 fully saturated rings. The van der Waals surface area contributed by atoms with Crippen LogP contribution in [0.5, 0.6) is 0 Å². The van der Waals surface area contributed by atoms with Crippen molar-refractivity contribution in [1.82, 2.24) is 5.32 Å². The number of nitrogens with one attached hydrogen (secondary N) is 1. The molecule has 0 saturated heterocycles. The predicted molar refractivity (Wildman–Crippen MR) is 65.6 cm³/mol. The molecule has 2 heteroatoms. The average Bonchev–Trinajstić information content (AvgIpc) is 2.28. The minimum absolute atomic E-state index is 0.0562. The van der Waals surface area contributed by atoms with Crippen LogP contribution in [0.3, 0.4) is 0 Å². The van der Waals surface area contributed by atoms with Gasteiger partial charge in [-0.25, -0.2) is 4.39 Å². The first-order chi connectivity index (χ1) is 7.69. The lowest BCUT2D eigenvalue weighted by Gasteiger charge is -2.18. The molecule has 0 amide bonds. The summed E-state index contributed by atoms with van der Waals surface area (Å²) >= 11 is 0. The molecule has 1 nitrogen and oxygen atoms in total. The Labute approximate surface area is 97.1 Å². The fourth-order valence-electron chi connectivity index (χ4n) is 1.72. The quantitative estimate of drug-likeness (QED) is 0.750. The number of rotatable bonds is 5. The Kier molecular flexibility index (Phi) is 5.01. The van der Waals surface area contributed by atoms with Gasteiger partial charge in [-0.15, -0.1) is 12.3 Å². The van der Waals surface area contributed by atoms with E-state index < -0.39 is 0 Å². The highest BCUT2D eigenvalue weighted by Crippen LogP contribution is 2.21. The molecule has 0 aliphatic rings. The van der Waals surface area contributed by atoms with E-state index in [0.717, 1.165) is 24.1 Å². The maximum Gasteiger partial charge on any atom is 0.123 e. The summed E-state index contributed by atoms with van der Waals surface area (Å²) in [5, 5.41) is 3.35. The van der Waals surface area contributed by atoms with Crippen LogP contribution >= 0.6 is 0 Å². The standard InChI is InChI=1S/C14H18FN/c1-4-6-14(16-9-5-2)13-10-12(15)8-7-11(13)3/h1,7-8,10,14,16H,5-6,9H2,2-3H3. The van der Waals surface area contributed by atoms with Gasteiger partial charge in [-0.1, -0.05) is 13.0 Å². The summed E-state index contributed by atoms with van der Waals surface area (Å²) in [7, 11) is 0.